The van der Waals surface area contributed by atoms with Crippen molar-refractivity contribution >= 4 is 17.4 Å². The Morgan fingerprint density at radius 2 is 1.68 bits per heavy atom. The van der Waals surface area contributed by atoms with E-state index >= 15 is 0 Å². The lowest BCUT2D eigenvalue weighted by molar-refractivity contribution is -0.136. The number of nitrogens with one attached hydrogen (secondary N) is 2. The van der Waals surface area contributed by atoms with Gasteiger partial charge >= 0.3 is 6.18 Å². The molecule has 144 valence electrons. The van der Waals surface area contributed by atoms with E-state index in [1.54, 1.807) is 0 Å². The number of amides is 1. The maximum atomic E-state index is 13.1. The highest BCUT2D eigenvalue weighted by atomic mass is 19.4. The quantitative estimate of drug-likeness (QED) is 0.653. The first-order valence-corrected chi connectivity index (χ1v) is 8.45. The minimum atomic E-state index is -4.58. The van der Waals surface area contributed by atoms with E-state index in [-0.39, 0.29) is 17.4 Å². The van der Waals surface area contributed by atoms with Gasteiger partial charge in [-0.15, -0.1) is 0 Å². The van der Waals surface area contributed by atoms with Gasteiger partial charge in [-0.05, 0) is 24.6 Å². The maximum absolute atomic E-state index is 13.1. The first-order chi connectivity index (χ1) is 13.3. The summed E-state index contributed by atoms with van der Waals surface area (Å²) in [6, 6.07) is 15.7. The maximum Gasteiger partial charge on any atom is 0.418 e. The van der Waals surface area contributed by atoms with Gasteiger partial charge in [0, 0.05) is 12.1 Å². The SMILES string of the molecule is CC(Nc1cc(C(=O)Nc2ccccc2C(F)(F)F)ncn1)c1ccccc1. The van der Waals surface area contributed by atoms with E-state index in [0.717, 1.165) is 11.6 Å². The Balaban J connectivity index is 1.76. The van der Waals surface area contributed by atoms with Crippen molar-refractivity contribution in [2.45, 2.75) is 19.1 Å². The molecule has 1 amide bonds. The normalized spacial score (nSPS) is 12.3. The fourth-order valence-corrected chi connectivity index (χ4v) is 2.63. The summed E-state index contributed by atoms with van der Waals surface area (Å²) in [7, 11) is 0. The van der Waals surface area contributed by atoms with Crippen LogP contribution in [0.2, 0.25) is 0 Å². The summed E-state index contributed by atoms with van der Waals surface area (Å²) in [4.78, 5) is 20.3. The molecular formula is C20H17F3N4O. The van der Waals surface area contributed by atoms with Crippen molar-refractivity contribution in [1.29, 1.82) is 0 Å². The highest BCUT2D eigenvalue weighted by Gasteiger charge is 2.33. The minimum absolute atomic E-state index is 0.0465. The molecule has 1 unspecified atom stereocenters. The average molecular weight is 386 g/mol. The third-order valence-corrected chi connectivity index (χ3v) is 4.04. The molecule has 5 nitrogen and oxygen atoms in total. The number of para-hydroxylation sites is 1. The van der Waals surface area contributed by atoms with Crippen LogP contribution in [0, 0.1) is 0 Å². The van der Waals surface area contributed by atoms with Gasteiger partial charge in [0.25, 0.3) is 5.91 Å². The van der Waals surface area contributed by atoms with Gasteiger partial charge in [0.05, 0.1) is 11.3 Å². The van der Waals surface area contributed by atoms with Crippen LogP contribution in [0.1, 0.15) is 34.6 Å². The van der Waals surface area contributed by atoms with Crippen molar-refractivity contribution in [3.8, 4) is 0 Å². The number of rotatable bonds is 5. The lowest BCUT2D eigenvalue weighted by Crippen LogP contribution is -2.18. The standard InChI is InChI=1S/C20H17F3N4O/c1-13(14-7-3-2-4-8-14)26-18-11-17(24-12-25-18)19(28)27-16-10-6-5-9-15(16)20(21,22)23/h2-13H,1H3,(H,27,28)(H,24,25,26). The van der Waals surface area contributed by atoms with Gasteiger partial charge in [-0.25, -0.2) is 9.97 Å². The van der Waals surface area contributed by atoms with Gasteiger partial charge in [-0.1, -0.05) is 42.5 Å². The molecule has 3 aromatic rings. The second-order valence-electron chi connectivity index (χ2n) is 6.06. The Kier molecular flexibility index (Phi) is 5.58. The highest BCUT2D eigenvalue weighted by Crippen LogP contribution is 2.34. The molecule has 0 aliphatic rings. The van der Waals surface area contributed by atoms with Crippen molar-refractivity contribution in [3.63, 3.8) is 0 Å². The van der Waals surface area contributed by atoms with Crippen molar-refractivity contribution in [2.75, 3.05) is 10.6 Å². The van der Waals surface area contributed by atoms with E-state index in [1.807, 2.05) is 37.3 Å². The van der Waals surface area contributed by atoms with E-state index in [1.165, 1.54) is 30.6 Å². The van der Waals surface area contributed by atoms with E-state index < -0.39 is 17.6 Å². The molecule has 0 saturated carbocycles. The molecule has 28 heavy (non-hydrogen) atoms. The number of anilines is 2. The zero-order valence-corrected chi connectivity index (χ0v) is 14.9. The zero-order chi connectivity index (χ0) is 20.1. The fourth-order valence-electron chi connectivity index (χ4n) is 2.63. The number of carbonyl (C=O) groups is 1. The van der Waals surface area contributed by atoms with Gasteiger partial charge in [-0.3, -0.25) is 4.79 Å². The van der Waals surface area contributed by atoms with Crippen LogP contribution < -0.4 is 10.6 Å². The number of alkyl halides is 3. The molecule has 0 aliphatic carbocycles. The van der Waals surface area contributed by atoms with Crippen LogP contribution in [0.4, 0.5) is 24.7 Å². The Bertz CT molecular complexity index is 961. The number of nitrogens with zero attached hydrogens (tertiary/aromatic N) is 2. The number of benzene rings is 2. The lowest BCUT2D eigenvalue weighted by Gasteiger charge is -2.15. The molecule has 0 radical (unpaired) electrons. The fraction of sp³-hybridized carbons (Fsp3) is 0.150. The van der Waals surface area contributed by atoms with Crippen molar-refractivity contribution in [1.82, 2.24) is 9.97 Å². The number of halogens is 3. The average Bonchev–Trinajstić information content (AvgIpc) is 2.68. The molecule has 0 aliphatic heterocycles. The number of hydrogen-bond acceptors (Lipinski definition) is 4. The van der Waals surface area contributed by atoms with Crippen LogP contribution in [0.3, 0.4) is 0 Å². The minimum Gasteiger partial charge on any atom is -0.363 e. The Hall–Kier alpha value is -3.42. The van der Waals surface area contributed by atoms with Gasteiger partial charge in [0.1, 0.15) is 17.8 Å². The zero-order valence-electron chi connectivity index (χ0n) is 14.9. The summed E-state index contributed by atoms with van der Waals surface area (Å²) in [5.41, 5.74) is -0.278. The van der Waals surface area contributed by atoms with Crippen molar-refractivity contribution in [2.24, 2.45) is 0 Å². The van der Waals surface area contributed by atoms with Crippen LogP contribution in [0.5, 0.6) is 0 Å². The van der Waals surface area contributed by atoms with Gasteiger partial charge < -0.3 is 10.6 Å². The third kappa shape index (κ3) is 4.64. The molecule has 2 N–H and O–H groups in total. The molecule has 1 aromatic heterocycles. The van der Waals surface area contributed by atoms with Gasteiger partial charge in [-0.2, -0.15) is 13.2 Å². The van der Waals surface area contributed by atoms with E-state index in [0.29, 0.717) is 5.82 Å². The monoisotopic (exact) mass is 386 g/mol. The summed E-state index contributed by atoms with van der Waals surface area (Å²) < 4.78 is 39.2. The Labute approximate surface area is 159 Å². The van der Waals surface area contributed by atoms with Crippen LogP contribution in [-0.4, -0.2) is 15.9 Å². The molecular weight excluding hydrogens is 369 g/mol. The topological polar surface area (TPSA) is 66.9 Å². The van der Waals surface area contributed by atoms with Crippen molar-refractivity contribution < 1.29 is 18.0 Å². The molecule has 0 saturated heterocycles. The second-order valence-corrected chi connectivity index (χ2v) is 6.06. The third-order valence-electron chi connectivity index (χ3n) is 4.04. The molecule has 1 heterocycles. The number of aromatic nitrogens is 2. The molecule has 8 heteroatoms. The largest absolute Gasteiger partial charge is 0.418 e. The number of carbonyl (C=O) groups excluding carboxylic acids is 1. The van der Waals surface area contributed by atoms with Crippen LogP contribution in [0.25, 0.3) is 0 Å². The van der Waals surface area contributed by atoms with Crippen molar-refractivity contribution in [3.05, 3.63) is 83.8 Å². The van der Waals surface area contributed by atoms with Crippen LogP contribution >= 0.6 is 0 Å². The van der Waals surface area contributed by atoms with E-state index in [2.05, 4.69) is 20.6 Å². The first-order valence-electron chi connectivity index (χ1n) is 8.45. The highest BCUT2D eigenvalue weighted by molar-refractivity contribution is 6.03. The molecule has 1 atom stereocenters. The Morgan fingerprint density at radius 3 is 2.39 bits per heavy atom. The van der Waals surface area contributed by atoms with E-state index in [4.69, 9.17) is 0 Å². The van der Waals surface area contributed by atoms with Gasteiger partial charge in [0.15, 0.2) is 0 Å². The molecule has 0 bridgehead atoms. The first kappa shape index (κ1) is 19.3. The lowest BCUT2D eigenvalue weighted by atomic mass is 10.1. The summed E-state index contributed by atoms with van der Waals surface area (Å²) in [6.07, 6.45) is -3.39. The Morgan fingerprint density at radius 1 is 1.00 bits per heavy atom. The molecule has 2 aromatic carbocycles. The molecule has 3 rings (SSSR count). The number of hydrogen-bond donors (Lipinski definition) is 2. The van der Waals surface area contributed by atoms with E-state index in [9.17, 15) is 18.0 Å². The smallest absolute Gasteiger partial charge is 0.363 e. The van der Waals surface area contributed by atoms with Crippen LogP contribution in [0.15, 0.2) is 67.0 Å². The summed E-state index contributed by atoms with van der Waals surface area (Å²) in [6.45, 7) is 1.93. The second kappa shape index (κ2) is 8.08. The molecule has 0 fully saturated rings. The summed E-state index contributed by atoms with van der Waals surface area (Å²) >= 11 is 0. The van der Waals surface area contributed by atoms with Gasteiger partial charge in [0.2, 0.25) is 0 Å². The summed E-state index contributed by atoms with van der Waals surface area (Å²) in [5, 5.41) is 5.41. The predicted octanol–water partition coefficient (Wildman–Crippen LogP) is 4.92. The summed E-state index contributed by atoms with van der Waals surface area (Å²) in [5.74, 6) is -0.366. The molecule has 0 spiro atoms. The predicted molar refractivity (Wildman–Crippen MR) is 99.9 cm³/mol. The van der Waals surface area contributed by atoms with Crippen LogP contribution in [-0.2, 0) is 6.18 Å².